The summed E-state index contributed by atoms with van der Waals surface area (Å²) in [5, 5.41) is 0.691. The van der Waals surface area contributed by atoms with Crippen molar-refractivity contribution in [2.75, 3.05) is 33.3 Å². The molecular weight excluding hydrogens is 390 g/mol. The standard InChI is InChI=1S/C20H21ClF2N2O3/c1-27-17-7-3-6-16(18(17)28-20(22)23)19(26)25-10-8-24(9-11-25)13-14-4-2-5-15(21)12-14/h2-7,12,20H,8-11,13H2,1H3. The third kappa shape index (κ3) is 4.91. The third-order valence-electron chi connectivity index (χ3n) is 4.59. The van der Waals surface area contributed by atoms with Crippen LogP contribution in [0.1, 0.15) is 15.9 Å². The Kier molecular flexibility index (Phi) is 6.70. The van der Waals surface area contributed by atoms with Gasteiger partial charge in [-0.2, -0.15) is 8.78 Å². The molecule has 1 aliphatic heterocycles. The topological polar surface area (TPSA) is 42.0 Å². The predicted molar refractivity (Wildman–Crippen MR) is 102 cm³/mol. The van der Waals surface area contributed by atoms with E-state index < -0.39 is 6.61 Å². The van der Waals surface area contributed by atoms with Crippen LogP contribution in [0.2, 0.25) is 5.02 Å². The monoisotopic (exact) mass is 410 g/mol. The van der Waals surface area contributed by atoms with Gasteiger partial charge in [0, 0.05) is 37.7 Å². The molecule has 1 fully saturated rings. The molecule has 28 heavy (non-hydrogen) atoms. The number of rotatable bonds is 6. The number of piperazine rings is 1. The van der Waals surface area contributed by atoms with Gasteiger partial charge in [-0.1, -0.05) is 29.8 Å². The smallest absolute Gasteiger partial charge is 0.387 e. The molecular formula is C20H21ClF2N2O3. The van der Waals surface area contributed by atoms with E-state index in [0.717, 1.165) is 12.1 Å². The molecule has 1 aliphatic rings. The van der Waals surface area contributed by atoms with Crippen LogP contribution in [0, 0.1) is 0 Å². The Morgan fingerprint density at radius 3 is 2.50 bits per heavy atom. The van der Waals surface area contributed by atoms with Crippen molar-refractivity contribution in [2.24, 2.45) is 0 Å². The first-order chi connectivity index (χ1) is 13.5. The number of carbonyl (C=O) groups excluding carboxylic acids is 1. The number of alkyl halides is 2. The fourth-order valence-electron chi connectivity index (χ4n) is 3.23. The second-order valence-electron chi connectivity index (χ2n) is 6.41. The molecule has 0 N–H and O–H groups in total. The zero-order chi connectivity index (χ0) is 20.1. The van der Waals surface area contributed by atoms with Crippen molar-refractivity contribution in [1.82, 2.24) is 9.80 Å². The Balaban J connectivity index is 1.67. The van der Waals surface area contributed by atoms with Crippen molar-refractivity contribution in [3.05, 3.63) is 58.6 Å². The van der Waals surface area contributed by atoms with E-state index in [2.05, 4.69) is 9.64 Å². The van der Waals surface area contributed by atoms with Crippen molar-refractivity contribution in [1.29, 1.82) is 0 Å². The van der Waals surface area contributed by atoms with Crippen molar-refractivity contribution in [2.45, 2.75) is 13.2 Å². The first-order valence-corrected chi connectivity index (χ1v) is 9.23. The molecule has 0 saturated carbocycles. The molecule has 2 aromatic carbocycles. The number of nitrogens with zero attached hydrogens (tertiary/aromatic N) is 2. The SMILES string of the molecule is COc1cccc(C(=O)N2CCN(Cc3cccc(Cl)c3)CC2)c1OC(F)F. The van der Waals surface area contributed by atoms with Gasteiger partial charge in [0.15, 0.2) is 11.5 Å². The second kappa shape index (κ2) is 9.21. The Bertz CT molecular complexity index is 827. The first kappa shape index (κ1) is 20.4. The molecule has 0 unspecified atom stereocenters. The van der Waals surface area contributed by atoms with E-state index in [0.29, 0.717) is 31.2 Å². The number of para-hydroxylation sites is 1. The summed E-state index contributed by atoms with van der Waals surface area (Å²) < 4.78 is 35.2. The summed E-state index contributed by atoms with van der Waals surface area (Å²) in [6.07, 6.45) is 0. The van der Waals surface area contributed by atoms with Crippen LogP contribution in [0.5, 0.6) is 11.5 Å². The lowest BCUT2D eigenvalue weighted by Crippen LogP contribution is -2.48. The van der Waals surface area contributed by atoms with E-state index in [-0.39, 0.29) is 23.0 Å². The Hall–Kier alpha value is -2.38. The van der Waals surface area contributed by atoms with E-state index in [1.54, 1.807) is 11.0 Å². The normalized spacial score (nSPS) is 15.0. The van der Waals surface area contributed by atoms with Crippen LogP contribution < -0.4 is 9.47 Å². The van der Waals surface area contributed by atoms with E-state index in [4.69, 9.17) is 16.3 Å². The van der Waals surface area contributed by atoms with Crippen molar-refractivity contribution < 1.29 is 23.0 Å². The van der Waals surface area contributed by atoms with Gasteiger partial charge in [0.25, 0.3) is 5.91 Å². The quantitative estimate of drug-likeness (QED) is 0.724. The first-order valence-electron chi connectivity index (χ1n) is 8.86. The van der Waals surface area contributed by atoms with E-state index >= 15 is 0 Å². The molecule has 0 radical (unpaired) electrons. The Morgan fingerprint density at radius 1 is 1.14 bits per heavy atom. The molecule has 8 heteroatoms. The van der Waals surface area contributed by atoms with Gasteiger partial charge in [0.05, 0.1) is 12.7 Å². The fourth-order valence-corrected chi connectivity index (χ4v) is 3.44. The zero-order valence-corrected chi connectivity index (χ0v) is 16.2. The van der Waals surface area contributed by atoms with E-state index in [9.17, 15) is 13.6 Å². The van der Waals surface area contributed by atoms with Crippen LogP contribution in [0.15, 0.2) is 42.5 Å². The van der Waals surface area contributed by atoms with Gasteiger partial charge < -0.3 is 14.4 Å². The molecule has 0 bridgehead atoms. The van der Waals surface area contributed by atoms with Gasteiger partial charge in [-0.05, 0) is 29.8 Å². The van der Waals surface area contributed by atoms with Crippen molar-refractivity contribution in [3.8, 4) is 11.5 Å². The lowest BCUT2D eigenvalue weighted by Gasteiger charge is -2.35. The average Bonchev–Trinajstić information content (AvgIpc) is 2.68. The third-order valence-corrected chi connectivity index (χ3v) is 4.83. The fraction of sp³-hybridized carbons (Fsp3) is 0.350. The summed E-state index contributed by atoms with van der Waals surface area (Å²) in [4.78, 5) is 16.7. The minimum atomic E-state index is -3.04. The summed E-state index contributed by atoms with van der Waals surface area (Å²) in [7, 11) is 1.34. The van der Waals surface area contributed by atoms with Gasteiger partial charge in [-0.25, -0.2) is 0 Å². The Labute approximate surface area is 167 Å². The number of amides is 1. The molecule has 1 amide bonds. The highest BCUT2D eigenvalue weighted by Gasteiger charge is 2.27. The predicted octanol–water partition coefficient (Wildman–Crippen LogP) is 3.91. The number of methoxy groups -OCH3 is 1. The average molecular weight is 411 g/mol. The second-order valence-corrected chi connectivity index (χ2v) is 6.85. The maximum atomic E-state index is 12.9. The van der Waals surface area contributed by atoms with Gasteiger partial charge in [-0.3, -0.25) is 9.69 Å². The van der Waals surface area contributed by atoms with Crippen LogP contribution >= 0.6 is 11.6 Å². The minimum Gasteiger partial charge on any atom is -0.493 e. The highest BCUT2D eigenvalue weighted by atomic mass is 35.5. The highest BCUT2D eigenvalue weighted by molar-refractivity contribution is 6.30. The molecule has 0 aromatic heterocycles. The van der Waals surface area contributed by atoms with Crippen molar-refractivity contribution in [3.63, 3.8) is 0 Å². The maximum Gasteiger partial charge on any atom is 0.387 e. The molecule has 0 spiro atoms. The number of benzene rings is 2. The van der Waals surface area contributed by atoms with Crippen LogP contribution in [0.3, 0.4) is 0 Å². The van der Waals surface area contributed by atoms with E-state index in [1.165, 1.54) is 19.2 Å². The summed E-state index contributed by atoms with van der Waals surface area (Å²) in [5.41, 5.74) is 1.18. The molecule has 150 valence electrons. The van der Waals surface area contributed by atoms with Gasteiger partial charge in [0.1, 0.15) is 0 Å². The number of hydrogen-bond acceptors (Lipinski definition) is 4. The molecule has 0 aliphatic carbocycles. The molecule has 2 aromatic rings. The number of halogens is 3. The zero-order valence-electron chi connectivity index (χ0n) is 15.4. The summed E-state index contributed by atoms with van der Waals surface area (Å²) in [6.45, 7) is 0.0229. The van der Waals surface area contributed by atoms with Crippen LogP contribution in [0.25, 0.3) is 0 Å². The number of carbonyl (C=O) groups is 1. The van der Waals surface area contributed by atoms with Crippen molar-refractivity contribution >= 4 is 17.5 Å². The number of ether oxygens (including phenoxy) is 2. The summed E-state index contributed by atoms with van der Waals surface area (Å²) in [6, 6.07) is 12.2. The minimum absolute atomic E-state index is 0.0722. The highest BCUT2D eigenvalue weighted by Crippen LogP contribution is 2.33. The van der Waals surface area contributed by atoms with Crippen LogP contribution in [-0.2, 0) is 6.54 Å². The molecule has 5 nitrogen and oxygen atoms in total. The van der Waals surface area contributed by atoms with Gasteiger partial charge >= 0.3 is 6.61 Å². The summed E-state index contributed by atoms with van der Waals surface area (Å²) >= 11 is 6.02. The number of hydrogen-bond donors (Lipinski definition) is 0. The molecule has 1 saturated heterocycles. The lowest BCUT2D eigenvalue weighted by molar-refractivity contribution is -0.0517. The van der Waals surface area contributed by atoms with Crippen LogP contribution in [-0.4, -0.2) is 55.6 Å². The molecule has 3 rings (SSSR count). The van der Waals surface area contributed by atoms with Crippen LogP contribution in [0.4, 0.5) is 8.78 Å². The largest absolute Gasteiger partial charge is 0.493 e. The molecule has 0 atom stereocenters. The molecule has 1 heterocycles. The lowest BCUT2D eigenvalue weighted by atomic mass is 10.1. The van der Waals surface area contributed by atoms with Gasteiger partial charge in [-0.15, -0.1) is 0 Å². The van der Waals surface area contributed by atoms with Gasteiger partial charge in [0.2, 0.25) is 0 Å². The maximum absolute atomic E-state index is 12.9. The van der Waals surface area contributed by atoms with E-state index in [1.807, 2.05) is 24.3 Å². The summed E-state index contributed by atoms with van der Waals surface area (Å²) in [5.74, 6) is -0.478. The Morgan fingerprint density at radius 2 is 1.86 bits per heavy atom.